The van der Waals surface area contributed by atoms with E-state index in [0.29, 0.717) is 6.42 Å². The second kappa shape index (κ2) is 8.75. The molecule has 1 atom stereocenters. The predicted octanol–water partition coefficient (Wildman–Crippen LogP) is 5.51. The summed E-state index contributed by atoms with van der Waals surface area (Å²) >= 11 is 3.64. The molecule has 0 aliphatic heterocycles. The number of amides is 1. The molecule has 1 amide bonds. The van der Waals surface area contributed by atoms with Crippen LogP contribution in [0.4, 0.5) is 4.79 Å². The number of nitrogens with zero attached hydrogens (tertiary/aromatic N) is 1. The first-order chi connectivity index (χ1) is 11.1. The number of aryl methyl sites for hydroxylation is 1. The van der Waals surface area contributed by atoms with Gasteiger partial charge in [-0.1, -0.05) is 36.2 Å². The Morgan fingerprint density at radius 3 is 2.33 bits per heavy atom. The van der Waals surface area contributed by atoms with Gasteiger partial charge >= 0.3 is 6.09 Å². The lowest BCUT2D eigenvalue weighted by atomic mass is 9.95. The quantitative estimate of drug-likeness (QED) is 0.657. The molecule has 5 heteroatoms. The van der Waals surface area contributed by atoms with E-state index in [1.54, 1.807) is 12.0 Å². The predicted molar refractivity (Wildman–Crippen MR) is 102 cm³/mol. The normalized spacial score (nSPS) is 12.8. The highest BCUT2D eigenvalue weighted by Gasteiger charge is 2.32. The lowest BCUT2D eigenvalue weighted by molar-refractivity contribution is 0.0684. The third kappa shape index (κ3) is 5.13. The molecule has 1 rings (SSSR count). The largest absolute Gasteiger partial charge is 0.496 e. The smallest absolute Gasteiger partial charge is 0.407 e. The van der Waals surface area contributed by atoms with Gasteiger partial charge in [-0.25, -0.2) is 4.79 Å². The maximum Gasteiger partial charge on any atom is 0.407 e. The summed E-state index contributed by atoms with van der Waals surface area (Å²) in [5, 5.41) is 9.67. The standard InChI is InChI=1S/C19H30BrNO3/c1-7-9-13-12-17(24-6)14(11-16(13)20)10-15(8-2)21(18(22)23)19(3,4)5/h11-12,15H,7-10H2,1-6H3,(H,22,23). The summed E-state index contributed by atoms with van der Waals surface area (Å²) in [5.41, 5.74) is 1.81. The molecule has 1 aromatic carbocycles. The van der Waals surface area contributed by atoms with Gasteiger partial charge in [-0.15, -0.1) is 0 Å². The molecule has 0 aliphatic rings. The summed E-state index contributed by atoms with van der Waals surface area (Å²) in [6, 6.07) is 4.05. The molecule has 4 nitrogen and oxygen atoms in total. The van der Waals surface area contributed by atoms with E-state index < -0.39 is 11.6 Å². The molecule has 136 valence electrons. The monoisotopic (exact) mass is 399 g/mol. The van der Waals surface area contributed by atoms with Gasteiger partial charge in [0.15, 0.2) is 0 Å². The molecule has 0 saturated carbocycles. The van der Waals surface area contributed by atoms with Crippen LogP contribution in [0.1, 0.15) is 58.6 Å². The Morgan fingerprint density at radius 1 is 1.29 bits per heavy atom. The zero-order valence-electron chi connectivity index (χ0n) is 15.6. The minimum absolute atomic E-state index is 0.0969. The molecule has 0 radical (unpaired) electrons. The molecule has 0 heterocycles. The van der Waals surface area contributed by atoms with Crippen molar-refractivity contribution in [3.8, 4) is 5.75 Å². The Bertz CT molecular complexity index is 566. The topological polar surface area (TPSA) is 49.8 Å². The average Bonchev–Trinajstić information content (AvgIpc) is 2.47. The minimum Gasteiger partial charge on any atom is -0.496 e. The number of methoxy groups -OCH3 is 1. The Kier molecular flexibility index (Phi) is 7.58. The first kappa shape index (κ1) is 20.8. The third-order valence-corrected chi connectivity index (χ3v) is 4.93. The second-order valence-corrected chi connectivity index (χ2v) is 7.95. The maximum absolute atomic E-state index is 11.8. The Morgan fingerprint density at radius 2 is 1.92 bits per heavy atom. The van der Waals surface area contributed by atoms with Crippen LogP contribution in [0.2, 0.25) is 0 Å². The molecule has 0 aromatic heterocycles. The fraction of sp³-hybridized carbons (Fsp3) is 0.632. The van der Waals surface area contributed by atoms with Crippen molar-refractivity contribution in [3.63, 3.8) is 0 Å². The summed E-state index contributed by atoms with van der Waals surface area (Å²) in [7, 11) is 1.67. The zero-order valence-corrected chi connectivity index (χ0v) is 17.2. The minimum atomic E-state index is -0.880. The number of carbonyl (C=O) groups is 1. The molecule has 0 spiro atoms. The molecule has 1 N–H and O–H groups in total. The lowest BCUT2D eigenvalue weighted by Crippen LogP contribution is -2.51. The van der Waals surface area contributed by atoms with Crippen molar-refractivity contribution < 1.29 is 14.6 Å². The number of carboxylic acid groups (broad SMARTS) is 1. The van der Waals surface area contributed by atoms with E-state index in [1.165, 1.54) is 5.56 Å². The van der Waals surface area contributed by atoms with E-state index in [2.05, 4.69) is 35.0 Å². The number of halogens is 1. The van der Waals surface area contributed by atoms with E-state index in [9.17, 15) is 9.90 Å². The van der Waals surface area contributed by atoms with Crippen LogP contribution in [0, 0.1) is 0 Å². The van der Waals surface area contributed by atoms with Crippen LogP contribution in [0.5, 0.6) is 5.75 Å². The van der Waals surface area contributed by atoms with Gasteiger partial charge in [-0.2, -0.15) is 0 Å². The molecule has 24 heavy (non-hydrogen) atoms. The summed E-state index contributed by atoms with van der Waals surface area (Å²) < 4.78 is 6.63. The Balaban J connectivity index is 3.20. The van der Waals surface area contributed by atoms with Gasteiger partial charge in [0.05, 0.1) is 7.11 Å². The van der Waals surface area contributed by atoms with Crippen molar-refractivity contribution >= 4 is 22.0 Å². The molecule has 0 fully saturated rings. The van der Waals surface area contributed by atoms with Crippen LogP contribution in [0.3, 0.4) is 0 Å². The van der Waals surface area contributed by atoms with Crippen LogP contribution in [-0.2, 0) is 12.8 Å². The van der Waals surface area contributed by atoms with E-state index >= 15 is 0 Å². The van der Waals surface area contributed by atoms with Crippen molar-refractivity contribution in [2.75, 3.05) is 7.11 Å². The molecule has 0 bridgehead atoms. The van der Waals surface area contributed by atoms with Crippen LogP contribution in [0.15, 0.2) is 16.6 Å². The second-order valence-electron chi connectivity index (χ2n) is 7.10. The fourth-order valence-electron chi connectivity index (χ4n) is 3.11. The number of hydrogen-bond acceptors (Lipinski definition) is 2. The van der Waals surface area contributed by atoms with Crippen LogP contribution < -0.4 is 4.74 Å². The summed E-state index contributed by atoms with van der Waals surface area (Å²) in [6.07, 6.45) is 2.55. The SMILES string of the molecule is CCCc1cc(OC)c(CC(CC)N(C(=O)O)C(C)(C)C)cc1Br. The van der Waals surface area contributed by atoms with Gasteiger partial charge in [0.1, 0.15) is 5.75 Å². The van der Waals surface area contributed by atoms with Gasteiger partial charge < -0.3 is 14.7 Å². The Labute approximate surface area is 154 Å². The fourth-order valence-corrected chi connectivity index (χ4v) is 3.70. The number of hydrogen-bond donors (Lipinski definition) is 1. The number of rotatable bonds is 7. The summed E-state index contributed by atoms with van der Waals surface area (Å²) in [4.78, 5) is 13.3. The van der Waals surface area contributed by atoms with Crippen molar-refractivity contribution in [2.24, 2.45) is 0 Å². The zero-order chi connectivity index (χ0) is 18.5. The molecule has 1 aromatic rings. The van der Waals surface area contributed by atoms with Crippen molar-refractivity contribution in [2.45, 2.75) is 71.9 Å². The van der Waals surface area contributed by atoms with Crippen LogP contribution >= 0.6 is 15.9 Å². The van der Waals surface area contributed by atoms with E-state index in [-0.39, 0.29) is 6.04 Å². The first-order valence-electron chi connectivity index (χ1n) is 8.53. The highest BCUT2D eigenvalue weighted by molar-refractivity contribution is 9.10. The van der Waals surface area contributed by atoms with Gasteiger partial charge in [0.25, 0.3) is 0 Å². The highest BCUT2D eigenvalue weighted by Crippen LogP contribution is 2.31. The molecule has 1 unspecified atom stereocenters. The van der Waals surface area contributed by atoms with Crippen molar-refractivity contribution in [1.82, 2.24) is 4.90 Å². The van der Waals surface area contributed by atoms with E-state index in [4.69, 9.17) is 4.74 Å². The number of benzene rings is 1. The number of ether oxygens (including phenoxy) is 1. The van der Waals surface area contributed by atoms with Crippen LogP contribution in [0.25, 0.3) is 0 Å². The highest BCUT2D eigenvalue weighted by atomic mass is 79.9. The van der Waals surface area contributed by atoms with E-state index in [0.717, 1.165) is 35.0 Å². The maximum atomic E-state index is 11.8. The van der Waals surface area contributed by atoms with Crippen molar-refractivity contribution in [1.29, 1.82) is 0 Å². The summed E-state index contributed by atoms with van der Waals surface area (Å²) in [5.74, 6) is 0.833. The Hall–Kier alpha value is -1.23. The van der Waals surface area contributed by atoms with Crippen molar-refractivity contribution in [3.05, 3.63) is 27.7 Å². The van der Waals surface area contributed by atoms with E-state index in [1.807, 2.05) is 27.7 Å². The third-order valence-electron chi connectivity index (χ3n) is 4.19. The average molecular weight is 400 g/mol. The van der Waals surface area contributed by atoms with Gasteiger partial charge in [0, 0.05) is 16.1 Å². The first-order valence-corrected chi connectivity index (χ1v) is 9.32. The van der Waals surface area contributed by atoms with Gasteiger partial charge in [0.2, 0.25) is 0 Å². The molecule has 0 aliphatic carbocycles. The van der Waals surface area contributed by atoms with Gasteiger partial charge in [-0.3, -0.25) is 0 Å². The molecular weight excluding hydrogens is 370 g/mol. The molecule has 0 saturated heterocycles. The molecular formula is C19H30BrNO3. The summed E-state index contributed by atoms with van der Waals surface area (Å²) in [6.45, 7) is 9.97. The van der Waals surface area contributed by atoms with Crippen LogP contribution in [-0.4, -0.2) is 34.8 Å². The lowest BCUT2D eigenvalue weighted by Gasteiger charge is -2.39. The van der Waals surface area contributed by atoms with Gasteiger partial charge in [-0.05, 0) is 63.3 Å².